The van der Waals surface area contributed by atoms with Gasteiger partial charge in [-0.1, -0.05) is 30.7 Å². The molecule has 8 nitrogen and oxygen atoms in total. The summed E-state index contributed by atoms with van der Waals surface area (Å²) >= 11 is 5.91. The number of alkyl halides is 3. The van der Waals surface area contributed by atoms with Gasteiger partial charge < -0.3 is 15.0 Å². The van der Waals surface area contributed by atoms with Crippen LogP contribution in [0.25, 0.3) is 5.78 Å². The number of benzene rings is 1. The number of imidazole rings is 1. The summed E-state index contributed by atoms with van der Waals surface area (Å²) in [6.07, 6.45) is 0.101. The smallest absolute Gasteiger partial charge is 0.405 e. The molecule has 0 aliphatic carbocycles. The Balaban J connectivity index is 1.41. The molecule has 3 heterocycles. The predicted octanol–water partition coefficient (Wildman–Crippen LogP) is 3.56. The van der Waals surface area contributed by atoms with Crippen molar-refractivity contribution in [1.82, 2.24) is 24.6 Å². The number of likely N-dealkylation sites (tertiary alicyclic amines) is 1. The molecule has 2 atom stereocenters. The zero-order chi connectivity index (χ0) is 23.8. The number of amides is 2. The third kappa shape index (κ3) is 5.19. The van der Waals surface area contributed by atoms with Gasteiger partial charge in [0.05, 0.1) is 16.8 Å². The molecule has 4 rings (SSSR count). The number of piperidine rings is 1. The van der Waals surface area contributed by atoms with Crippen LogP contribution in [-0.4, -0.2) is 56.6 Å². The first-order valence-corrected chi connectivity index (χ1v) is 10.4. The highest BCUT2D eigenvalue weighted by molar-refractivity contribution is 6.30. The molecule has 1 aromatic carbocycles. The zero-order valence-electron chi connectivity index (χ0n) is 17.3. The fraction of sp³-hybridized carbons (Fsp3) is 0.333. The molecule has 0 spiro atoms. The van der Waals surface area contributed by atoms with Gasteiger partial charge in [-0.3, -0.25) is 14.0 Å². The Hall–Kier alpha value is -3.34. The van der Waals surface area contributed by atoms with Crippen LogP contribution in [0.4, 0.5) is 13.2 Å². The molecule has 174 valence electrons. The number of hydrogen-bond acceptors (Lipinski definition) is 5. The van der Waals surface area contributed by atoms with E-state index in [1.807, 2.05) is 6.92 Å². The predicted molar refractivity (Wildman–Crippen MR) is 112 cm³/mol. The molecule has 0 saturated carbocycles. The van der Waals surface area contributed by atoms with E-state index in [0.29, 0.717) is 30.3 Å². The molecule has 0 unspecified atom stereocenters. The van der Waals surface area contributed by atoms with Gasteiger partial charge in [-0.15, -0.1) is 13.2 Å². The zero-order valence-corrected chi connectivity index (χ0v) is 18.1. The van der Waals surface area contributed by atoms with Gasteiger partial charge in [0.15, 0.2) is 0 Å². The summed E-state index contributed by atoms with van der Waals surface area (Å²) in [5, 5.41) is 3.18. The van der Waals surface area contributed by atoms with Gasteiger partial charge in [0.25, 0.3) is 11.8 Å². The van der Waals surface area contributed by atoms with E-state index in [1.54, 1.807) is 21.7 Å². The second-order valence-corrected chi connectivity index (χ2v) is 8.18. The standard InChI is InChI=1S/C21H19ClF3N5O3/c1-12-9-29(19(32)16-11-30-10-13(22)8-26-20(30)28-16)7-6-15(12)27-18(31)14-4-2-3-5-17(14)33-21(23,24)25/h2-5,8,10-12,15H,6-7,9H2,1H3,(H,27,31)/t12-,15+/m0/s1. The number of halogens is 4. The summed E-state index contributed by atoms with van der Waals surface area (Å²) in [5.74, 6) is -1.32. The third-order valence-corrected chi connectivity index (χ3v) is 5.56. The van der Waals surface area contributed by atoms with E-state index in [2.05, 4.69) is 20.0 Å². The van der Waals surface area contributed by atoms with Crippen molar-refractivity contribution in [3.8, 4) is 5.75 Å². The highest BCUT2D eigenvalue weighted by Crippen LogP contribution is 2.27. The van der Waals surface area contributed by atoms with Crippen LogP contribution in [0, 0.1) is 5.92 Å². The van der Waals surface area contributed by atoms with Crippen LogP contribution in [0.15, 0.2) is 42.9 Å². The van der Waals surface area contributed by atoms with Gasteiger partial charge in [0.1, 0.15) is 11.4 Å². The normalized spacial score (nSPS) is 18.9. The van der Waals surface area contributed by atoms with Crippen LogP contribution in [0.3, 0.4) is 0 Å². The van der Waals surface area contributed by atoms with Gasteiger partial charge in [-0.25, -0.2) is 9.97 Å². The van der Waals surface area contributed by atoms with Gasteiger partial charge in [-0.2, -0.15) is 0 Å². The summed E-state index contributed by atoms with van der Waals surface area (Å²) in [4.78, 5) is 35.5. The van der Waals surface area contributed by atoms with Crippen molar-refractivity contribution < 1.29 is 27.5 Å². The molecule has 1 saturated heterocycles. The van der Waals surface area contributed by atoms with Crippen molar-refractivity contribution in [2.75, 3.05) is 13.1 Å². The summed E-state index contributed by atoms with van der Waals surface area (Å²) in [7, 11) is 0. The van der Waals surface area contributed by atoms with Crippen molar-refractivity contribution in [3.05, 3.63) is 59.1 Å². The number of nitrogens with zero attached hydrogens (tertiary/aromatic N) is 4. The molecule has 0 bridgehead atoms. The first-order chi connectivity index (χ1) is 15.6. The molecule has 3 aromatic rings. The average molecular weight is 482 g/mol. The minimum Gasteiger partial charge on any atom is -0.405 e. The highest BCUT2D eigenvalue weighted by atomic mass is 35.5. The summed E-state index contributed by atoms with van der Waals surface area (Å²) in [6, 6.07) is 4.84. The number of nitrogens with one attached hydrogen (secondary N) is 1. The first kappa shape index (κ1) is 22.8. The Morgan fingerprint density at radius 3 is 2.73 bits per heavy atom. The number of hydrogen-bond donors (Lipinski definition) is 1. The third-order valence-electron chi connectivity index (χ3n) is 5.36. The minimum absolute atomic E-state index is 0.146. The monoisotopic (exact) mass is 481 g/mol. The van der Waals surface area contributed by atoms with Crippen molar-refractivity contribution >= 4 is 29.2 Å². The topological polar surface area (TPSA) is 88.8 Å². The molecule has 2 amide bonds. The average Bonchev–Trinajstić information content (AvgIpc) is 3.17. The Morgan fingerprint density at radius 2 is 2.00 bits per heavy atom. The lowest BCUT2D eigenvalue weighted by atomic mass is 9.93. The van der Waals surface area contributed by atoms with Crippen molar-refractivity contribution in [3.63, 3.8) is 0 Å². The summed E-state index contributed by atoms with van der Waals surface area (Å²) in [5.41, 5.74) is 0.00840. The number of carbonyl (C=O) groups is 2. The summed E-state index contributed by atoms with van der Waals surface area (Å²) < 4.78 is 43.5. The minimum atomic E-state index is -4.91. The van der Waals surface area contributed by atoms with Gasteiger partial charge in [-0.05, 0) is 24.5 Å². The largest absolute Gasteiger partial charge is 0.573 e. The number of para-hydroxylation sites is 1. The molecule has 2 aromatic heterocycles. The van der Waals surface area contributed by atoms with E-state index in [1.165, 1.54) is 24.4 Å². The van der Waals surface area contributed by atoms with Crippen molar-refractivity contribution in [1.29, 1.82) is 0 Å². The molecule has 33 heavy (non-hydrogen) atoms. The number of aromatic nitrogens is 3. The lowest BCUT2D eigenvalue weighted by molar-refractivity contribution is -0.274. The number of carbonyl (C=O) groups excluding carboxylic acids is 2. The molecule has 1 aliphatic rings. The maximum absolute atomic E-state index is 12.9. The SMILES string of the molecule is C[C@H]1CN(C(=O)c2cn3cc(Cl)cnc3n2)CC[C@H]1NC(=O)c1ccccc1OC(F)(F)F. The Kier molecular flexibility index (Phi) is 6.15. The molecule has 1 N–H and O–H groups in total. The first-order valence-electron chi connectivity index (χ1n) is 10.1. The van der Waals surface area contributed by atoms with Crippen LogP contribution in [0.1, 0.15) is 34.2 Å². The quantitative estimate of drug-likeness (QED) is 0.615. The maximum Gasteiger partial charge on any atom is 0.573 e. The molecule has 1 fully saturated rings. The van der Waals surface area contributed by atoms with Gasteiger partial charge in [0, 0.05) is 31.5 Å². The van der Waals surface area contributed by atoms with Gasteiger partial charge >= 0.3 is 6.36 Å². The van der Waals surface area contributed by atoms with E-state index < -0.39 is 18.0 Å². The fourth-order valence-corrected chi connectivity index (χ4v) is 3.94. The summed E-state index contributed by atoms with van der Waals surface area (Å²) in [6.45, 7) is 2.54. The van der Waals surface area contributed by atoms with E-state index >= 15 is 0 Å². The Labute approximate surface area is 191 Å². The Bertz CT molecular complexity index is 1200. The van der Waals surface area contributed by atoms with Crippen molar-refractivity contribution in [2.24, 2.45) is 5.92 Å². The fourth-order valence-electron chi connectivity index (χ4n) is 3.78. The van der Waals surface area contributed by atoms with E-state index in [0.717, 1.165) is 6.07 Å². The molecular weight excluding hydrogens is 463 g/mol. The molecule has 1 aliphatic heterocycles. The van der Waals surface area contributed by atoms with Crippen LogP contribution in [0.5, 0.6) is 5.75 Å². The van der Waals surface area contributed by atoms with Crippen LogP contribution in [-0.2, 0) is 0 Å². The number of ether oxygens (including phenoxy) is 1. The number of rotatable bonds is 4. The second-order valence-electron chi connectivity index (χ2n) is 7.75. The highest BCUT2D eigenvalue weighted by Gasteiger charge is 2.34. The molecular formula is C21H19ClF3N5O3. The second kappa shape index (κ2) is 8.89. The van der Waals surface area contributed by atoms with Crippen LogP contribution >= 0.6 is 11.6 Å². The molecule has 0 radical (unpaired) electrons. The van der Waals surface area contributed by atoms with Gasteiger partial charge in [0.2, 0.25) is 5.78 Å². The Morgan fingerprint density at radius 1 is 1.24 bits per heavy atom. The van der Waals surface area contributed by atoms with E-state index in [4.69, 9.17) is 11.6 Å². The lowest BCUT2D eigenvalue weighted by Crippen LogP contribution is -2.51. The van der Waals surface area contributed by atoms with Crippen molar-refractivity contribution in [2.45, 2.75) is 25.7 Å². The van der Waals surface area contributed by atoms with E-state index in [-0.39, 0.29) is 29.1 Å². The van der Waals surface area contributed by atoms with Crippen LogP contribution < -0.4 is 10.1 Å². The van der Waals surface area contributed by atoms with Crippen LogP contribution in [0.2, 0.25) is 5.02 Å². The number of fused-ring (bicyclic) bond motifs is 1. The lowest BCUT2D eigenvalue weighted by Gasteiger charge is -2.37. The van der Waals surface area contributed by atoms with E-state index in [9.17, 15) is 22.8 Å². The molecule has 12 heteroatoms. The maximum atomic E-state index is 12.9.